The number of benzene rings is 1. The number of nitrogen functional groups attached to an aromatic ring is 1. The zero-order valence-electron chi connectivity index (χ0n) is 15.4. The van der Waals surface area contributed by atoms with Crippen molar-refractivity contribution in [2.75, 3.05) is 17.7 Å². The van der Waals surface area contributed by atoms with Gasteiger partial charge in [0, 0.05) is 0 Å². The molecule has 0 aliphatic heterocycles. The van der Waals surface area contributed by atoms with Crippen LogP contribution in [-0.4, -0.2) is 42.4 Å². The smallest absolute Gasteiger partial charge is 0.263 e. The van der Waals surface area contributed by atoms with Crippen LogP contribution in [0.15, 0.2) is 29.3 Å². The minimum Gasteiger partial charge on any atom is -0.394 e. The highest BCUT2D eigenvalue weighted by Crippen LogP contribution is 2.24. The summed E-state index contributed by atoms with van der Waals surface area (Å²) in [6, 6.07) is 6.21. The molecule has 0 fully saturated rings. The molecule has 11 heteroatoms. The third-order valence-electron chi connectivity index (χ3n) is 4.30. The SMILES string of the molecule is C[C@H](Nc1ncnc(N)c1C#N)c1nc2cccc(Cl)c2c(=O)n1C[C@@H](O)CO. The molecule has 0 amide bonds. The molecule has 10 nitrogen and oxygen atoms in total. The molecular weight excluding hydrogens is 398 g/mol. The number of fused-ring (bicyclic) bond motifs is 1. The summed E-state index contributed by atoms with van der Waals surface area (Å²) in [6.07, 6.45) is 0.0336. The lowest BCUT2D eigenvalue weighted by atomic mass is 10.2. The highest BCUT2D eigenvalue weighted by atomic mass is 35.5. The minimum atomic E-state index is -1.18. The summed E-state index contributed by atoms with van der Waals surface area (Å²) < 4.78 is 1.24. The summed E-state index contributed by atoms with van der Waals surface area (Å²) in [4.78, 5) is 25.4. The molecule has 150 valence electrons. The van der Waals surface area contributed by atoms with Gasteiger partial charge >= 0.3 is 0 Å². The van der Waals surface area contributed by atoms with E-state index in [1.165, 1.54) is 10.9 Å². The van der Waals surface area contributed by atoms with Gasteiger partial charge in [-0.25, -0.2) is 15.0 Å². The standard InChI is InChI=1S/C18H18ClN7O3/c1-9(24-16-11(5-20)15(21)22-8-23-16)17-25-13-4-2-3-12(19)14(13)18(29)26(17)6-10(28)7-27/h2-4,8-10,27-28H,6-7H2,1H3,(H3,21,22,23,24)/t9-,10+/m0/s1. The van der Waals surface area contributed by atoms with E-state index in [9.17, 15) is 20.3 Å². The lowest BCUT2D eigenvalue weighted by Crippen LogP contribution is -2.34. The maximum Gasteiger partial charge on any atom is 0.263 e. The van der Waals surface area contributed by atoms with E-state index in [1.807, 2.05) is 6.07 Å². The minimum absolute atomic E-state index is 0.0172. The summed E-state index contributed by atoms with van der Waals surface area (Å²) in [5.41, 5.74) is 5.70. The molecule has 0 bridgehead atoms. The molecule has 3 aromatic rings. The lowest BCUT2D eigenvalue weighted by molar-refractivity contribution is 0.0793. The van der Waals surface area contributed by atoms with Crippen molar-refractivity contribution in [3.8, 4) is 6.07 Å². The molecule has 2 aromatic heterocycles. The summed E-state index contributed by atoms with van der Waals surface area (Å²) in [5, 5.41) is 31.9. The normalized spacial score (nSPS) is 13.1. The first-order chi connectivity index (χ1) is 13.9. The van der Waals surface area contributed by atoms with Crippen LogP contribution >= 0.6 is 11.6 Å². The number of aliphatic hydroxyl groups is 2. The number of rotatable bonds is 6. The largest absolute Gasteiger partial charge is 0.394 e. The van der Waals surface area contributed by atoms with Gasteiger partial charge in [0.15, 0.2) is 0 Å². The average molecular weight is 416 g/mol. The topological polar surface area (TPSA) is 163 Å². The van der Waals surface area contributed by atoms with E-state index >= 15 is 0 Å². The van der Waals surface area contributed by atoms with Crippen LogP contribution in [0.2, 0.25) is 5.02 Å². The van der Waals surface area contributed by atoms with Crippen molar-refractivity contribution in [3.05, 3.63) is 51.3 Å². The first-order valence-electron chi connectivity index (χ1n) is 8.62. The molecule has 0 aliphatic rings. The number of nitrogens with zero attached hydrogens (tertiary/aromatic N) is 5. The Morgan fingerprint density at radius 3 is 2.86 bits per heavy atom. The van der Waals surface area contributed by atoms with E-state index in [0.717, 1.165) is 0 Å². The number of hydrogen-bond donors (Lipinski definition) is 4. The molecular formula is C18H18ClN7O3. The van der Waals surface area contributed by atoms with E-state index in [1.54, 1.807) is 25.1 Å². The number of nitriles is 1. The quantitative estimate of drug-likeness (QED) is 0.456. The number of anilines is 2. The second-order valence-electron chi connectivity index (χ2n) is 6.32. The van der Waals surface area contributed by atoms with Gasteiger partial charge < -0.3 is 21.3 Å². The van der Waals surface area contributed by atoms with Gasteiger partial charge in [-0.3, -0.25) is 9.36 Å². The van der Waals surface area contributed by atoms with E-state index in [0.29, 0.717) is 5.52 Å². The maximum atomic E-state index is 13.1. The highest BCUT2D eigenvalue weighted by Gasteiger charge is 2.21. The maximum absolute atomic E-state index is 13.1. The predicted molar refractivity (Wildman–Crippen MR) is 107 cm³/mol. The Bertz CT molecular complexity index is 1160. The number of aliphatic hydroxyl groups excluding tert-OH is 2. The van der Waals surface area contributed by atoms with Gasteiger partial charge in [-0.05, 0) is 19.1 Å². The van der Waals surface area contributed by atoms with Crippen LogP contribution < -0.4 is 16.6 Å². The van der Waals surface area contributed by atoms with Crippen molar-refractivity contribution in [2.45, 2.75) is 25.6 Å². The van der Waals surface area contributed by atoms with Crippen LogP contribution in [0, 0.1) is 11.3 Å². The zero-order chi connectivity index (χ0) is 21.1. The third-order valence-corrected chi connectivity index (χ3v) is 4.61. The van der Waals surface area contributed by atoms with Crippen molar-refractivity contribution >= 4 is 34.1 Å². The Morgan fingerprint density at radius 2 is 2.17 bits per heavy atom. The summed E-state index contributed by atoms with van der Waals surface area (Å²) in [7, 11) is 0. The Hall–Kier alpha value is -3.26. The van der Waals surface area contributed by atoms with Crippen molar-refractivity contribution in [1.82, 2.24) is 19.5 Å². The van der Waals surface area contributed by atoms with Crippen LogP contribution in [0.3, 0.4) is 0 Å². The first-order valence-corrected chi connectivity index (χ1v) is 9.00. The molecule has 2 heterocycles. The van der Waals surface area contributed by atoms with Crippen LogP contribution in [0.1, 0.15) is 24.4 Å². The summed E-state index contributed by atoms with van der Waals surface area (Å²) in [6.45, 7) is 0.983. The Balaban J connectivity index is 2.15. The fraction of sp³-hybridized carbons (Fsp3) is 0.278. The number of hydrogen-bond acceptors (Lipinski definition) is 9. The average Bonchev–Trinajstić information content (AvgIpc) is 2.69. The molecule has 0 saturated heterocycles. The number of nitrogens with two attached hydrogens (primary N) is 1. The molecule has 0 aliphatic carbocycles. The van der Waals surface area contributed by atoms with E-state index in [-0.39, 0.29) is 40.0 Å². The Labute approximate surface area is 170 Å². The second kappa shape index (κ2) is 8.40. The zero-order valence-corrected chi connectivity index (χ0v) is 16.1. The van der Waals surface area contributed by atoms with Gasteiger partial charge in [0.25, 0.3) is 5.56 Å². The summed E-state index contributed by atoms with van der Waals surface area (Å²) >= 11 is 6.18. The van der Waals surface area contributed by atoms with Gasteiger partial charge in [-0.1, -0.05) is 17.7 Å². The van der Waals surface area contributed by atoms with Crippen LogP contribution in [0.5, 0.6) is 0 Å². The van der Waals surface area contributed by atoms with Crippen LogP contribution in [0.4, 0.5) is 11.6 Å². The summed E-state index contributed by atoms with van der Waals surface area (Å²) in [5.74, 6) is 0.462. The van der Waals surface area contributed by atoms with Crippen molar-refractivity contribution < 1.29 is 10.2 Å². The Kier molecular flexibility index (Phi) is 5.93. The molecule has 0 unspecified atom stereocenters. The van der Waals surface area contributed by atoms with Gasteiger partial charge in [-0.2, -0.15) is 5.26 Å². The fourth-order valence-electron chi connectivity index (χ4n) is 2.90. The predicted octanol–water partition coefficient (Wildman–Crippen LogP) is 0.820. The van der Waals surface area contributed by atoms with Crippen LogP contribution in [-0.2, 0) is 6.54 Å². The van der Waals surface area contributed by atoms with Crippen molar-refractivity contribution in [1.29, 1.82) is 5.26 Å². The molecule has 2 atom stereocenters. The van der Waals surface area contributed by atoms with Crippen molar-refractivity contribution in [3.63, 3.8) is 0 Å². The van der Waals surface area contributed by atoms with Gasteiger partial charge in [0.1, 0.15) is 35.4 Å². The molecule has 29 heavy (non-hydrogen) atoms. The van der Waals surface area contributed by atoms with E-state index < -0.39 is 24.3 Å². The second-order valence-corrected chi connectivity index (χ2v) is 6.72. The van der Waals surface area contributed by atoms with Crippen molar-refractivity contribution in [2.24, 2.45) is 0 Å². The third kappa shape index (κ3) is 3.97. The van der Waals surface area contributed by atoms with Gasteiger partial charge in [-0.15, -0.1) is 0 Å². The van der Waals surface area contributed by atoms with Crippen LogP contribution in [0.25, 0.3) is 10.9 Å². The molecule has 0 spiro atoms. The number of aromatic nitrogens is 4. The van der Waals surface area contributed by atoms with E-state index in [4.69, 9.17) is 17.3 Å². The van der Waals surface area contributed by atoms with E-state index in [2.05, 4.69) is 20.3 Å². The molecule has 1 aromatic carbocycles. The molecule has 5 N–H and O–H groups in total. The Morgan fingerprint density at radius 1 is 1.41 bits per heavy atom. The fourth-order valence-corrected chi connectivity index (χ4v) is 3.15. The number of halogens is 1. The van der Waals surface area contributed by atoms with Gasteiger partial charge in [0.05, 0.1) is 41.2 Å². The number of nitrogens with one attached hydrogen (secondary N) is 1. The first kappa shape index (κ1) is 20.5. The monoisotopic (exact) mass is 415 g/mol. The lowest BCUT2D eigenvalue weighted by Gasteiger charge is -2.21. The molecule has 3 rings (SSSR count). The molecule has 0 radical (unpaired) electrons. The van der Waals surface area contributed by atoms with Gasteiger partial charge in [0.2, 0.25) is 0 Å². The highest BCUT2D eigenvalue weighted by molar-refractivity contribution is 6.35. The molecule has 0 saturated carbocycles.